The molecule has 0 aliphatic carbocycles. The summed E-state index contributed by atoms with van der Waals surface area (Å²) in [4.78, 5) is 16.9. The summed E-state index contributed by atoms with van der Waals surface area (Å²) in [7, 11) is 0. The predicted octanol–water partition coefficient (Wildman–Crippen LogP) is 3.09. The molecule has 0 spiro atoms. The van der Waals surface area contributed by atoms with Gasteiger partial charge in [-0.05, 0) is 29.8 Å². The zero-order valence-corrected chi connectivity index (χ0v) is 12.9. The highest BCUT2D eigenvalue weighted by Crippen LogP contribution is 2.22. The molecule has 0 unspecified atom stereocenters. The lowest BCUT2D eigenvalue weighted by molar-refractivity contribution is 0.983. The fourth-order valence-electron chi connectivity index (χ4n) is 2.84. The van der Waals surface area contributed by atoms with Gasteiger partial charge in [0.25, 0.3) is 5.56 Å². The van der Waals surface area contributed by atoms with Gasteiger partial charge in [-0.1, -0.05) is 36.4 Å². The van der Waals surface area contributed by atoms with E-state index in [0.717, 1.165) is 27.8 Å². The van der Waals surface area contributed by atoms with Gasteiger partial charge in [-0.25, -0.2) is 4.98 Å². The first kappa shape index (κ1) is 14.3. The Kier molecular flexibility index (Phi) is 3.39. The molecule has 0 radical (unpaired) electrons. The van der Waals surface area contributed by atoms with Crippen LogP contribution in [0.4, 0.5) is 5.69 Å². The van der Waals surface area contributed by atoms with E-state index < -0.39 is 0 Å². The van der Waals surface area contributed by atoms with Crippen LogP contribution in [0.5, 0.6) is 0 Å². The number of nitrogen functional groups attached to an aromatic ring is 1. The van der Waals surface area contributed by atoms with Crippen LogP contribution in [0.1, 0.15) is 11.3 Å². The molecule has 118 valence electrons. The van der Waals surface area contributed by atoms with Crippen molar-refractivity contribution >= 4 is 16.6 Å². The van der Waals surface area contributed by atoms with Gasteiger partial charge in [0.2, 0.25) is 0 Å². The van der Waals surface area contributed by atoms with Gasteiger partial charge < -0.3 is 10.8 Å². The number of aromatic nitrogens is 3. The molecule has 0 atom stereocenters. The Balaban J connectivity index is 1.78. The highest BCUT2D eigenvalue weighted by Gasteiger charge is 2.14. The summed E-state index contributed by atoms with van der Waals surface area (Å²) in [6.45, 7) is 0. The lowest BCUT2D eigenvalue weighted by atomic mass is 10.0. The highest BCUT2D eigenvalue weighted by molar-refractivity contribution is 5.81. The number of rotatable bonds is 3. The van der Waals surface area contributed by atoms with Crippen molar-refractivity contribution in [3.63, 3.8) is 0 Å². The Morgan fingerprint density at radius 3 is 2.54 bits per heavy atom. The zero-order valence-electron chi connectivity index (χ0n) is 12.9. The van der Waals surface area contributed by atoms with Gasteiger partial charge in [0.15, 0.2) is 0 Å². The summed E-state index contributed by atoms with van der Waals surface area (Å²) < 4.78 is 0. The molecule has 4 aromatic rings. The van der Waals surface area contributed by atoms with E-state index in [-0.39, 0.29) is 5.56 Å². The maximum absolute atomic E-state index is 12.3. The van der Waals surface area contributed by atoms with Crippen molar-refractivity contribution in [3.8, 4) is 11.3 Å². The average Bonchev–Trinajstić information content (AvgIpc) is 2.97. The molecule has 2 heterocycles. The molecule has 2 aromatic carbocycles. The van der Waals surface area contributed by atoms with Crippen molar-refractivity contribution in [2.75, 3.05) is 5.73 Å². The number of hydrogen-bond acceptors (Lipinski definition) is 3. The summed E-state index contributed by atoms with van der Waals surface area (Å²) in [5.41, 5.74) is 10.3. The van der Waals surface area contributed by atoms with Gasteiger partial charge in [-0.3, -0.25) is 9.89 Å². The summed E-state index contributed by atoms with van der Waals surface area (Å²) in [5.74, 6) is 0. The van der Waals surface area contributed by atoms with Crippen LogP contribution in [0.3, 0.4) is 0 Å². The molecule has 0 saturated carbocycles. The van der Waals surface area contributed by atoms with E-state index in [4.69, 9.17) is 5.73 Å². The molecule has 2 aromatic heterocycles. The van der Waals surface area contributed by atoms with Crippen molar-refractivity contribution in [3.05, 3.63) is 82.3 Å². The van der Waals surface area contributed by atoms with Crippen LogP contribution in [0.15, 0.2) is 65.5 Å². The Morgan fingerprint density at radius 2 is 1.71 bits per heavy atom. The van der Waals surface area contributed by atoms with Crippen molar-refractivity contribution in [1.29, 1.82) is 0 Å². The first-order chi connectivity index (χ1) is 11.7. The zero-order chi connectivity index (χ0) is 16.5. The van der Waals surface area contributed by atoms with Gasteiger partial charge in [-0.15, -0.1) is 0 Å². The smallest absolute Gasteiger partial charge is 0.273 e. The van der Waals surface area contributed by atoms with Gasteiger partial charge in [0.05, 0.1) is 22.5 Å². The van der Waals surface area contributed by atoms with Crippen LogP contribution in [-0.2, 0) is 6.42 Å². The number of pyridine rings is 1. The Labute approximate surface area is 138 Å². The number of nitrogens with one attached hydrogen (secondary N) is 2. The monoisotopic (exact) mass is 316 g/mol. The maximum atomic E-state index is 12.3. The third kappa shape index (κ3) is 2.56. The summed E-state index contributed by atoms with van der Waals surface area (Å²) in [5, 5.41) is 6.69. The molecular weight excluding hydrogens is 300 g/mol. The van der Waals surface area contributed by atoms with Crippen LogP contribution in [0.2, 0.25) is 0 Å². The fraction of sp³-hybridized carbons (Fsp3) is 0.0526. The SMILES string of the molecule is Nc1ccc(Cc2[nH][nH]c(=O)c2-c2ccc3ccccc3n2)cc1. The van der Waals surface area contributed by atoms with E-state index in [1.54, 1.807) is 0 Å². The van der Waals surface area contributed by atoms with E-state index in [9.17, 15) is 4.79 Å². The molecule has 4 rings (SSSR count). The Bertz CT molecular complexity index is 1060. The van der Waals surface area contributed by atoms with Crippen LogP contribution >= 0.6 is 0 Å². The van der Waals surface area contributed by atoms with Crippen molar-refractivity contribution in [2.45, 2.75) is 6.42 Å². The van der Waals surface area contributed by atoms with Crippen molar-refractivity contribution in [1.82, 2.24) is 15.2 Å². The minimum Gasteiger partial charge on any atom is -0.399 e. The number of H-pyrrole nitrogens is 2. The first-order valence-electron chi connectivity index (χ1n) is 7.71. The van der Waals surface area contributed by atoms with E-state index >= 15 is 0 Å². The molecular formula is C19H16N4O. The molecule has 0 aliphatic heterocycles. The van der Waals surface area contributed by atoms with Gasteiger partial charge >= 0.3 is 0 Å². The van der Waals surface area contributed by atoms with Gasteiger partial charge in [-0.2, -0.15) is 0 Å². The largest absolute Gasteiger partial charge is 0.399 e. The lowest BCUT2D eigenvalue weighted by Crippen LogP contribution is -2.04. The number of nitrogens with zero attached hydrogens (tertiary/aromatic N) is 1. The van der Waals surface area contributed by atoms with E-state index in [1.807, 2.05) is 60.7 Å². The van der Waals surface area contributed by atoms with Crippen molar-refractivity contribution in [2.24, 2.45) is 0 Å². The Hall–Kier alpha value is -3.34. The number of benzene rings is 2. The summed E-state index contributed by atoms with van der Waals surface area (Å²) in [6.07, 6.45) is 0.600. The van der Waals surface area contributed by atoms with Crippen LogP contribution < -0.4 is 11.3 Å². The van der Waals surface area contributed by atoms with Gasteiger partial charge in [0, 0.05) is 17.5 Å². The first-order valence-corrected chi connectivity index (χ1v) is 7.71. The quantitative estimate of drug-likeness (QED) is 0.508. The number of para-hydroxylation sites is 1. The van der Waals surface area contributed by atoms with Crippen molar-refractivity contribution < 1.29 is 0 Å². The van der Waals surface area contributed by atoms with E-state index in [0.29, 0.717) is 17.7 Å². The lowest BCUT2D eigenvalue weighted by Gasteiger charge is -2.05. The second-order valence-electron chi connectivity index (χ2n) is 5.74. The molecule has 0 amide bonds. The third-order valence-electron chi connectivity index (χ3n) is 4.07. The average molecular weight is 316 g/mol. The van der Waals surface area contributed by atoms with E-state index in [2.05, 4.69) is 15.2 Å². The maximum Gasteiger partial charge on any atom is 0.273 e. The third-order valence-corrected chi connectivity index (χ3v) is 4.07. The molecule has 4 N–H and O–H groups in total. The summed E-state index contributed by atoms with van der Waals surface area (Å²) >= 11 is 0. The topological polar surface area (TPSA) is 87.6 Å². The minimum absolute atomic E-state index is 0.164. The molecule has 0 aliphatic rings. The number of fused-ring (bicyclic) bond motifs is 1. The summed E-state index contributed by atoms with van der Waals surface area (Å²) in [6, 6.07) is 19.3. The molecule has 0 bridgehead atoms. The Morgan fingerprint density at radius 1 is 0.917 bits per heavy atom. The number of nitrogens with two attached hydrogens (primary N) is 1. The van der Waals surface area contributed by atoms with E-state index in [1.165, 1.54) is 0 Å². The van der Waals surface area contributed by atoms with Gasteiger partial charge in [0.1, 0.15) is 0 Å². The molecule has 24 heavy (non-hydrogen) atoms. The number of hydrogen-bond donors (Lipinski definition) is 3. The highest BCUT2D eigenvalue weighted by atomic mass is 16.1. The fourth-order valence-corrected chi connectivity index (χ4v) is 2.84. The normalized spacial score (nSPS) is 11.0. The minimum atomic E-state index is -0.164. The molecule has 0 saturated heterocycles. The van der Waals surface area contributed by atoms with Crippen LogP contribution in [-0.4, -0.2) is 15.2 Å². The second kappa shape index (κ2) is 5.70. The molecule has 5 heteroatoms. The number of aromatic amines is 2. The van der Waals surface area contributed by atoms with Crippen LogP contribution in [0.25, 0.3) is 22.2 Å². The number of anilines is 1. The predicted molar refractivity (Wildman–Crippen MR) is 95.8 cm³/mol. The molecule has 5 nitrogen and oxygen atoms in total. The van der Waals surface area contributed by atoms with Crippen LogP contribution in [0, 0.1) is 0 Å². The second-order valence-corrected chi connectivity index (χ2v) is 5.74. The molecule has 0 fully saturated rings. The standard InChI is InChI=1S/C19H16N4O/c20-14-8-5-12(6-9-14)11-17-18(19(24)23-22-17)16-10-7-13-3-1-2-4-15(13)21-16/h1-10H,11,20H2,(H2,22,23,24).